The van der Waals surface area contributed by atoms with Crippen LogP contribution in [0.25, 0.3) is 0 Å². The van der Waals surface area contributed by atoms with Crippen LogP contribution in [0, 0.1) is 0 Å². The second-order valence-corrected chi connectivity index (χ2v) is 8.99. The smallest absolute Gasteiger partial charge is 0.308 e. The van der Waals surface area contributed by atoms with Crippen molar-refractivity contribution in [2.24, 2.45) is 0 Å². The topological polar surface area (TPSA) is 87.1 Å². The zero-order valence-electron chi connectivity index (χ0n) is 19.8. The van der Waals surface area contributed by atoms with Gasteiger partial charge >= 0.3 is 11.9 Å². The highest BCUT2D eigenvalue weighted by atomic mass is 16.5. The zero-order valence-corrected chi connectivity index (χ0v) is 19.8. The SMILES string of the molecule is CCCCCCCCCCCCCCCC(O)(CC(=O)O)CC(=O)OCCN(C)C. The summed E-state index contributed by atoms with van der Waals surface area (Å²) in [5.41, 5.74) is -1.52. The summed E-state index contributed by atoms with van der Waals surface area (Å²) in [5.74, 6) is -1.62. The minimum atomic E-state index is -1.52. The molecule has 1 unspecified atom stereocenters. The van der Waals surface area contributed by atoms with Gasteiger partial charge in [0.15, 0.2) is 0 Å². The standard InChI is InChI=1S/C24H47NO5/c1-4-5-6-7-8-9-10-11-12-13-14-15-16-17-24(29,20-22(26)27)21-23(28)30-19-18-25(2)3/h29H,4-21H2,1-3H3,(H,26,27). The average Bonchev–Trinajstić information content (AvgIpc) is 2.64. The lowest BCUT2D eigenvalue weighted by Crippen LogP contribution is -2.35. The van der Waals surface area contributed by atoms with Gasteiger partial charge in [0.25, 0.3) is 0 Å². The predicted octanol–water partition coefficient (Wildman–Crippen LogP) is 5.17. The molecule has 178 valence electrons. The molecule has 0 radical (unpaired) electrons. The molecule has 0 amide bonds. The number of likely N-dealkylation sites (N-methyl/N-ethyl adjacent to an activating group) is 1. The highest BCUT2D eigenvalue weighted by molar-refractivity contribution is 5.74. The molecule has 6 heteroatoms. The molecule has 0 rings (SSSR count). The monoisotopic (exact) mass is 429 g/mol. The molecule has 0 fully saturated rings. The van der Waals surface area contributed by atoms with E-state index in [1.807, 2.05) is 19.0 Å². The molecule has 0 saturated carbocycles. The minimum absolute atomic E-state index is 0.244. The van der Waals surface area contributed by atoms with Crippen molar-refractivity contribution in [2.75, 3.05) is 27.2 Å². The van der Waals surface area contributed by atoms with Crippen molar-refractivity contribution in [3.8, 4) is 0 Å². The lowest BCUT2D eigenvalue weighted by atomic mass is 9.89. The summed E-state index contributed by atoms with van der Waals surface area (Å²) in [4.78, 5) is 25.0. The largest absolute Gasteiger partial charge is 0.481 e. The van der Waals surface area contributed by atoms with E-state index in [-0.39, 0.29) is 13.0 Å². The first-order chi connectivity index (χ1) is 14.3. The third-order valence-corrected chi connectivity index (χ3v) is 5.50. The maximum absolute atomic E-state index is 12.0. The maximum atomic E-state index is 12.0. The molecule has 0 bridgehead atoms. The predicted molar refractivity (Wildman–Crippen MR) is 122 cm³/mol. The van der Waals surface area contributed by atoms with E-state index in [1.54, 1.807) is 0 Å². The summed E-state index contributed by atoms with van der Waals surface area (Å²) < 4.78 is 5.12. The van der Waals surface area contributed by atoms with Crippen LogP contribution in [-0.4, -0.2) is 59.9 Å². The normalized spacial score (nSPS) is 13.4. The highest BCUT2D eigenvalue weighted by Gasteiger charge is 2.33. The molecular weight excluding hydrogens is 382 g/mol. The van der Waals surface area contributed by atoms with Crippen molar-refractivity contribution in [1.82, 2.24) is 4.90 Å². The summed E-state index contributed by atoms with van der Waals surface area (Å²) in [5, 5.41) is 19.7. The fourth-order valence-corrected chi connectivity index (χ4v) is 3.65. The first-order valence-electron chi connectivity index (χ1n) is 12.0. The molecule has 30 heavy (non-hydrogen) atoms. The number of ether oxygens (including phenoxy) is 1. The van der Waals surface area contributed by atoms with Crippen molar-refractivity contribution >= 4 is 11.9 Å². The van der Waals surface area contributed by atoms with Gasteiger partial charge in [0.1, 0.15) is 6.61 Å². The van der Waals surface area contributed by atoms with Gasteiger partial charge in [-0.05, 0) is 20.5 Å². The Morgan fingerprint density at radius 1 is 0.800 bits per heavy atom. The molecule has 0 aliphatic carbocycles. The van der Waals surface area contributed by atoms with E-state index in [9.17, 15) is 14.7 Å². The van der Waals surface area contributed by atoms with E-state index < -0.39 is 24.0 Å². The summed E-state index contributed by atoms with van der Waals surface area (Å²) in [6, 6.07) is 0. The number of rotatable bonds is 21. The summed E-state index contributed by atoms with van der Waals surface area (Å²) >= 11 is 0. The minimum Gasteiger partial charge on any atom is -0.481 e. The number of aliphatic carboxylic acids is 1. The van der Waals surface area contributed by atoms with Crippen LogP contribution in [-0.2, 0) is 14.3 Å². The van der Waals surface area contributed by atoms with E-state index >= 15 is 0 Å². The molecule has 2 N–H and O–H groups in total. The van der Waals surface area contributed by atoms with Gasteiger partial charge < -0.3 is 19.8 Å². The Morgan fingerprint density at radius 3 is 1.70 bits per heavy atom. The molecule has 0 aromatic rings. The van der Waals surface area contributed by atoms with Crippen LogP contribution >= 0.6 is 0 Å². The number of carbonyl (C=O) groups excluding carboxylic acids is 1. The number of carboxylic acid groups (broad SMARTS) is 1. The van der Waals surface area contributed by atoms with Crippen LogP contribution in [0.5, 0.6) is 0 Å². The number of carboxylic acids is 1. The van der Waals surface area contributed by atoms with Crippen molar-refractivity contribution in [3.63, 3.8) is 0 Å². The van der Waals surface area contributed by atoms with Gasteiger partial charge in [0, 0.05) is 6.54 Å². The molecule has 0 aromatic carbocycles. The number of esters is 1. The fraction of sp³-hybridized carbons (Fsp3) is 0.917. The fourth-order valence-electron chi connectivity index (χ4n) is 3.65. The summed E-state index contributed by atoms with van der Waals surface area (Å²) in [6.07, 6.45) is 15.5. The van der Waals surface area contributed by atoms with E-state index in [4.69, 9.17) is 9.84 Å². The van der Waals surface area contributed by atoms with Gasteiger partial charge in [0.05, 0.1) is 18.4 Å². The molecule has 0 aliphatic rings. The Balaban J connectivity index is 3.88. The van der Waals surface area contributed by atoms with Gasteiger partial charge in [-0.2, -0.15) is 0 Å². The van der Waals surface area contributed by atoms with Crippen LogP contribution < -0.4 is 0 Å². The van der Waals surface area contributed by atoms with Crippen LogP contribution in [0.3, 0.4) is 0 Å². The molecule has 0 saturated heterocycles. The van der Waals surface area contributed by atoms with Crippen molar-refractivity contribution < 1.29 is 24.5 Å². The number of hydrogen-bond acceptors (Lipinski definition) is 5. The van der Waals surface area contributed by atoms with Crippen molar-refractivity contribution in [3.05, 3.63) is 0 Å². The second kappa shape index (κ2) is 18.6. The number of aliphatic hydroxyl groups is 1. The van der Waals surface area contributed by atoms with Gasteiger partial charge in [-0.3, -0.25) is 9.59 Å². The second-order valence-electron chi connectivity index (χ2n) is 8.99. The van der Waals surface area contributed by atoms with Gasteiger partial charge in [-0.1, -0.05) is 90.4 Å². The Labute approximate surface area is 184 Å². The Hall–Kier alpha value is -1.14. The first-order valence-corrected chi connectivity index (χ1v) is 12.0. The molecule has 1 atom stereocenters. The number of carbonyl (C=O) groups is 2. The molecule has 0 spiro atoms. The Morgan fingerprint density at radius 2 is 1.27 bits per heavy atom. The van der Waals surface area contributed by atoms with Crippen LogP contribution in [0.4, 0.5) is 0 Å². The van der Waals surface area contributed by atoms with Gasteiger partial charge in [-0.15, -0.1) is 0 Å². The third kappa shape index (κ3) is 18.9. The van der Waals surface area contributed by atoms with Gasteiger partial charge in [0.2, 0.25) is 0 Å². The molecule has 6 nitrogen and oxygen atoms in total. The molecule has 0 aromatic heterocycles. The van der Waals surface area contributed by atoms with E-state index in [2.05, 4.69) is 6.92 Å². The molecule has 0 heterocycles. The highest BCUT2D eigenvalue weighted by Crippen LogP contribution is 2.24. The summed E-state index contributed by atoms with van der Waals surface area (Å²) in [7, 11) is 3.76. The summed E-state index contributed by atoms with van der Waals surface area (Å²) in [6.45, 7) is 3.09. The Bertz CT molecular complexity index is 441. The third-order valence-electron chi connectivity index (χ3n) is 5.50. The van der Waals surface area contributed by atoms with Crippen LogP contribution in [0.1, 0.15) is 110 Å². The Kier molecular flexibility index (Phi) is 17.9. The number of hydrogen-bond donors (Lipinski definition) is 2. The lowest BCUT2D eigenvalue weighted by Gasteiger charge is -2.25. The molecule has 0 aliphatic heterocycles. The van der Waals surface area contributed by atoms with E-state index in [0.717, 1.165) is 19.3 Å². The van der Waals surface area contributed by atoms with Crippen molar-refractivity contribution in [2.45, 2.75) is 115 Å². The average molecular weight is 430 g/mol. The van der Waals surface area contributed by atoms with Crippen LogP contribution in [0.2, 0.25) is 0 Å². The quantitative estimate of drug-likeness (QED) is 0.193. The van der Waals surface area contributed by atoms with Crippen LogP contribution in [0.15, 0.2) is 0 Å². The number of unbranched alkanes of at least 4 members (excludes halogenated alkanes) is 12. The lowest BCUT2D eigenvalue weighted by molar-refractivity contribution is -0.153. The van der Waals surface area contributed by atoms with Gasteiger partial charge in [-0.25, -0.2) is 0 Å². The maximum Gasteiger partial charge on any atom is 0.308 e. The van der Waals surface area contributed by atoms with E-state index in [1.165, 1.54) is 64.2 Å². The first kappa shape index (κ1) is 28.9. The van der Waals surface area contributed by atoms with Crippen molar-refractivity contribution in [1.29, 1.82) is 0 Å². The zero-order chi connectivity index (χ0) is 22.7. The molecular formula is C24H47NO5. The number of nitrogens with zero attached hydrogens (tertiary/aromatic N) is 1. The van der Waals surface area contributed by atoms with E-state index in [0.29, 0.717) is 13.0 Å².